The number of benzene rings is 1. The van der Waals surface area contributed by atoms with Crippen LogP contribution in [0.25, 0.3) is 0 Å². The second kappa shape index (κ2) is 8.37. The summed E-state index contributed by atoms with van der Waals surface area (Å²) in [6, 6.07) is 5.68. The first-order chi connectivity index (χ1) is 14.3. The molecule has 2 fully saturated rings. The lowest BCUT2D eigenvalue weighted by Gasteiger charge is -2.36. The molecule has 2 saturated carbocycles. The molecule has 1 amide bonds. The third kappa shape index (κ3) is 5.00. The van der Waals surface area contributed by atoms with Gasteiger partial charge in [-0.05, 0) is 43.4 Å². The van der Waals surface area contributed by atoms with Crippen LogP contribution >= 0.6 is 11.3 Å². The molecule has 4 rings (SSSR count). The van der Waals surface area contributed by atoms with E-state index >= 15 is 0 Å². The number of nitrogens with one attached hydrogen (secondary N) is 1. The van der Waals surface area contributed by atoms with Crippen LogP contribution in [0.3, 0.4) is 0 Å². The van der Waals surface area contributed by atoms with E-state index in [-0.39, 0.29) is 29.4 Å². The van der Waals surface area contributed by atoms with Crippen molar-refractivity contribution in [1.82, 2.24) is 4.98 Å². The van der Waals surface area contributed by atoms with Gasteiger partial charge in [0.15, 0.2) is 5.13 Å². The van der Waals surface area contributed by atoms with Crippen molar-refractivity contribution in [2.45, 2.75) is 44.9 Å². The predicted octanol–water partition coefficient (Wildman–Crippen LogP) is 4.97. The first-order valence-corrected chi connectivity index (χ1v) is 10.7. The highest BCUT2D eigenvalue weighted by Crippen LogP contribution is 2.40. The van der Waals surface area contributed by atoms with E-state index in [1.165, 1.54) is 23.5 Å². The Morgan fingerprint density at radius 3 is 2.47 bits per heavy atom. The van der Waals surface area contributed by atoms with Gasteiger partial charge in [0.25, 0.3) is 0 Å². The summed E-state index contributed by atoms with van der Waals surface area (Å²) in [7, 11) is 0. The lowest BCUT2D eigenvalue weighted by atomic mass is 9.67. The Hall–Kier alpha value is -2.42. The molecule has 0 aliphatic heterocycles. The molecule has 2 aliphatic rings. The average molecular weight is 438 g/mol. The number of anilines is 1. The SMILES string of the molecule is O=C(Nc1ncc(Cc2ccc(OC(F)(F)F)cc2)s1)C1CC2CCCC(C1)C2=O. The number of rotatable bonds is 5. The quantitative estimate of drug-likeness (QED) is 0.716. The lowest BCUT2D eigenvalue weighted by molar-refractivity contribution is -0.274. The minimum atomic E-state index is -4.71. The summed E-state index contributed by atoms with van der Waals surface area (Å²) >= 11 is 1.33. The Labute approximate surface area is 175 Å². The molecule has 2 bridgehead atoms. The van der Waals surface area contributed by atoms with Crippen molar-refractivity contribution in [2.24, 2.45) is 17.8 Å². The topological polar surface area (TPSA) is 68.3 Å². The van der Waals surface area contributed by atoms with Gasteiger partial charge >= 0.3 is 6.36 Å². The van der Waals surface area contributed by atoms with Crippen molar-refractivity contribution in [1.29, 1.82) is 0 Å². The Balaban J connectivity index is 1.33. The Morgan fingerprint density at radius 1 is 1.17 bits per heavy atom. The van der Waals surface area contributed by atoms with E-state index in [4.69, 9.17) is 0 Å². The second-order valence-electron chi connectivity index (χ2n) is 7.88. The highest BCUT2D eigenvalue weighted by atomic mass is 32.1. The molecular formula is C21H21F3N2O3S. The summed E-state index contributed by atoms with van der Waals surface area (Å²) in [5.41, 5.74) is 0.810. The summed E-state index contributed by atoms with van der Waals surface area (Å²) in [4.78, 5) is 30.0. The molecule has 9 heteroatoms. The molecule has 0 radical (unpaired) electrons. The van der Waals surface area contributed by atoms with Gasteiger partial charge in [0.05, 0.1) is 0 Å². The summed E-state index contributed by atoms with van der Waals surface area (Å²) in [5.74, 6) is -0.151. The number of ketones is 1. The number of fused-ring (bicyclic) bond motifs is 2. The van der Waals surface area contributed by atoms with Crippen LogP contribution < -0.4 is 10.1 Å². The van der Waals surface area contributed by atoms with Crippen LogP contribution in [0, 0.1) is 17.8 Å². The van der Waals surface area contributed by atoms with E-state index in [9.17, 15) is 22.8 Å². The molecule has 30 heavy (non-hydrogen) atoms. The van der Waals surface area contributed by atoms with Crippen LogP contribution in [-0.2, 0) is 16.0 Å². The number of hydrogen-bond donors (Lipinski definition) is 1. The number of halogens is 3. The minimum Gasteiger partial charge on any atom is -0.406 e. The number of Topliss-reactive ketones (excluding diaryl/α,β-unsaturated/α-hetero) is 1. The van der Waals surface area contributed by atoms with Crippen LogP contribution in [0.4, 0.5) is 18.3 Å². The average Bonchev–Trinajstić information content (AvgIpc) is 3.08. The maximum atomic E-state index is 12.7. The van der Waals surface area contributed by atoms with Crippen molar-refractivity contribution in [3.05, 3.63) is 40.9 Å². The number of ether oxygens (including phenoxy) is 1. The van der Waals surface area contributed by atoms with Crippen molar-refractivity contribution in [3.8, 4) is 5.75 Å². The molecule has 5 nitrogen and oxygen atoms in total. The first kappa shape index (κ1) is 20.8. The van der Waals surface area contributed by atoms with Crippen LogP contribution in [0.1, 0.15) is 42.5 Å². The normalized spacial score (nSPS) is 23.8. The smallest absolute Gasteiger partial charge is 0.406 e. The van der Waals surface area contributed by atoms with Crippen molar-refractivity contribution < 1.29 is 27.5 Å². The third-order valence-electron chi connectivity index (χ3n) is 5.74. The number of carbonyl (C=O) groups excluding carboxylic acids is 2. The fraction of sp³-hybridized carbons (Fsp3) is 0.476. The number of amides is 1. The molecule has 2 atom stereocenters. The van der Waals surface area contributed by atoms with E-state index in [1.54, 1.807) is 18.3 Å². The zero-order valence-electron chi connectivity index (χ0n) is 16.1. The fourth-order valence-electron chi connectivity index (χ4n) is 4.36. The molecule has 1 aromatic heterocycles. The van der Waals surface area contributed by atoms with Gasteiger partial charge in [-0.15, -0.1) is 24.5 Å². The number of nitrogens with zero attached hydrogens (tertiary/aromatic N) is 1. The number of hydrogen-bond acceptors (Lipinski definition) is 5. The summed E-state index contributed by atoms with van der Waals surface area (Å²) < 4.78 is 40.6. The van der Waals surface area contributed by atoms with E-state index < -0.39 is 6.36 Å². The highest BCUT2D eigenvalue weighted by Gasteiger charge is 2.41. The number of thiazole rings is 1. The van der Waals surface area contributed by atoms with E-state index in [0.717, 1.165) is 29.7 Å². The van der Waals surface area contributed by atoms with Gasteiger partial charge in [0.2, 0.25) is 5.91 Å². The highest BCUT2D eigenvalue weighted by molar-refractivity contribution is 7.15. The molecule has 160 valence electrons. The lowest BCUT2D eigenvalue weighted by Crippen LogP contribution is -2.40. The van der Waals surface area contributed by atoms with Crippen LogP contribution in [0.2, 0.25) is 0 Å². The van der Waals surface area contributed by atoms with E-state index in [1.807, 2.05) is 0 Å². The van der Waals surface area contributed by atoms with Gasteiger partial charge in [-0.3, -0.25) is 9.59 Å². The van der Waals surface area contributed by atoms with Gasteiger partial charge in [-0.1, -0.05) is 18.6 Å². The standard InChI is InChI=1S/C21H21F3N2O3S/c22-21(23,24)29-16-6-4-12(5-7-16)8-17-11-25-20(30-17)26-19(28)15-9-13-2-1-3-14(10-15)18(13)27/h4-7,11,13-15H,1-3,8-10H2,(H,25,26,28). The molecular weight excluding hydrogens is 417 g/mol. The maximum absolute atomic E-state index is 12.7. The van der Waals surface area contributed by atoms with Crippen molar-refractivity contribution >= 4 is 28.2 Å². The Bertz CT molecular complexity index is 910. The van der Waals surface area contributed by atoms with Gasteiger partial charge in [-0.25, -0.2) is 4.98 Å². The number of alkyl halides is 3. The Morgan fingerprint density at radius 2 is 1.83 bits per heavy atom. The summed E-state index contributed by atoms with van der Waals surface area (Å²) in [6.45, 7) is 0. The first-order valence-electron chi connectivity index (χ1n) is 9.91. The molecule has 1 aromatic carbocycles. The van der Waals surface area contributed by atoms with E-state index in [0.29, 0.717) is 30.2 Å². The molecule has 1 heterocycles. The fourth-order valence-corrected chi connectivity index (χ4v) is 5.21. The molecule has 2 aliphatic carbocycles. The van der Waals surface area contributed by atoms with Crippen molar-refractivity contribution in [3.63, 3.8) is 0 Å². The summed E-state index contributed by atoms with van der Waals surface area (Å²) in [6.07, 6.45) is 1.49. The molecule has 0 spiro atoms. The molecule has 1 N–H and O–H groups in total. The third-order valence-corrected chi connectivity index (χ3v) is 6.65. The summed E-state index contributed by atoms with van der Waals surface area (Å²) in [5, 5.41) is 3.36. The van der Waals surface area contributed by atoms with Gasteiger partial charge < -0.3 is 10.1 Å². The van der Waals surface area contributed by atoms with Crippen LogP contribution in [0.5, 0.6) is 5.75 Å². The number of carbonyl (C=O) groups is 2. The Kier molecular flexibility index (Phi) is 5.81. The van der Waals surface area contributed by atoms with Crippen LogP contribution in [0.15, 0.2) is 30.5 Å². The maximum Gasteiger partial charge on any atom is 0.573 e. The van der Waals surface area contributed by atoms with Gasteiger partial charge in [0.1, 0.15) is 11.5 Å². The second-order valence-corrected chi connectivity index (χ2v) is 9.00. The number of aromatic nitrogens is 1. The zero-order valence-corrected chi connectivity index (χ0v) is 16.9. The largest absolute Gasteiger partial charge is 0.573 e. The zero-order chi connectivity index (χ0) is 21.3. The molecule has 0 saturated heterocycles. The van der Waals surface area contributed by atoms with Gasteiger partial charge in [-0.2, -0.15) is 0 Å². The van der Waals surface area contributed by atoms with Crippen molar-refractivity contribution in [2.75, 3.05) is 5.32 Å². The van der Waals surface area contributed by atoms with Crippen LogP contribution in [-0.4, -0.2) is 23.0 Å². The molecule has 2 aromatic rings. The minimum absolute atomic E-state index is 0.0180. The predicted molar refractivity (Wildman–Crippen MR) is 105 cm³/mol. The van der Waals surface area contributed by atoms with Gasteiger partial charge in [0, 0.05) is 35.2 Å². The monoisotopic (exact) mass is 438 g/mol. The molecule has 2 unspecified atom stereocenters. The van der Waals surface area contributed by atoms with E-state index in [2.05, 4.69) is 15.0 Å².